The van der Waals surface area contributed by atoms with Crippen molar-refractivity contribution in [1.82, 2.24) is 9.55 Å². The van der Waals surface area contributed by atoms with Crippen LogP contribution in [0, 0.1) is 5.82 Å². The van der Waals surface area contributed by atoms with Crippen LogP contribution < -0.4 is 5.56 Å². The van der Waals surface area contributed by atoms with Gasteiger partial charge in [0.25, 0.3) is 5.56 Å². The van der Waals surface area contributed by atoms with E-state index in [4.69, 9.17) is 4.74 Å². The third-order valence-corrected chi connectivity index (χ3v) is 5.03. The molecule has 0 radical (unpaired) electrons. The Morgan fingerprint density at radius 1 is 1.13 bits per heavy atom. The molecule has 1 atom stereocenters. The van der Waals surface area contributed by atoms with Gasteiger partial charge in [0.05, 0.1) is 17.5 Å². The van der Waals surface area contributed by atoms with Crippen LogP contribution in [-0.4, -0.2) is 27.4 Å². The molecule has 0 unspecified atom stereocenters. The zero-order valence-electron chi connectivity index (χ0n) is 17.6. The average molecular weight is 424 g/mol. The number of fused-ring (bicyclic) bond motifs is 1. The van der Waals surface area contributed by atoms with Gasteiger partial charge in [-0.15, -0.1) is 0 Å². The van der Waals surface area contributed by atoms with Gasteiger partial charge in [0.2, 0.25) is 5.78 Å². The zero-order chi connectivity index (χ0) is 22.4. The highest BCUT2D eigenvalue weighted by Gasteiger charge is 2.20. The van der Waals surface area contributed by atoms with Gasteiger partial charge < -0.3 is 9.30 Å². The lowest BCUT2D eigenvalue weighted by atomic mass is 10.1. The first-order chi connectivity index (χ1) is 14.9. The number of para-hydroxylation sites is 2. The van der Waals surface area contributed by atoms with E-state index in [0.29, 0.717) is 17.8 Å². The maximum absolute atomic E-state index is 13.0. The van der Waals surface area contributed by atoms with E-state index >= 15 is 0 Å². The van der Waals surface area contributed by atoms with Gasteiger partial charge in [-0.05, 0) is 49.7 Å². The maximum Gasteiger partial charge on any atom is 0.306 e. The van der Waals surface area contributed by atoms with Crippen LogP contribution in [0.15, 0.2) is 53.3 Å². The number of aryl methyl sites for hydroxylation is 2. The van der Waals surface area contributed by atoms with E-state index in [1.165, 1.54) is 31.2 Å². The topological polar surface area (TPSA) is 78.3 Å². The Labute approximate surface area is 179 Å². The number of carbonyl (C=O) groups excluding carboxylic acids is 2. The van der Waals surface area contributed by atoms with Crippen molar-refractivity contribution >= 4 is 22.8 Å². The van der Waals surface area contributed by atoms with Crippen LogP contribution >= 0.6 is 0 Å². The number of esters is 1. The molecule has 31 heavy (non-hydrogen) atoms. The number of halogens is 1. The molecule has 0 bridgehead atoms. The van der Waals surface area contributed by atoms with Crippen LogP contribution in [0.3, 0.4) is 0 Å². The molecule has 3 aromatic rings. The fraction of sp³-hybridized carbons (Fsp3) is 0.333. The molecule has 7 heteroatoms. The number of rotatable bonds is 9. The second-order valence-electron chi connectivity index (χ2n) is 7.36. The Morgan fingerprint density at radius 2 is 1.84 bits per heavy atom. The molecular weight excluding hydrogens is 399 g/mol. The summed E-state index contributed by atoms with van der Waals surface area (Å²) in [6.45, 7) is 4.11. The first-order valence-corrected chi connectivity index (χ1v) is 10.4. The van der Waals surface area contributed by atoms with Crippen LogP contribution in [0.25, 0.3) is 11.0 Å². The maximum atomic E-state index is 13.0. The number of ketones is 1. The number of Topliss-reactive ketones (excluding diaryl/α,β-unsaturated/α-hetero) is 1. The van der Waals surface area contributed by atoms with Crippen molar-refractivity contribution in [2.75, 3.05) is 0 Å². The minimum atomic E-state index is -1.01. The molecule has 0 saturated heterocycles. The first kappa shape index (κ1) is 22.3. The van der Waals surface area contributed by atoms with Crippen molar-refractivity contribution in [3.63, 3.8) is 0 Å². The molecule has 0 aliphatic rings. The van der Waals surface area contributed by atoms with Crippen LogP contribution in [0.2, 0.25) is 0 Å². The van der Waals surface area contributed by atoms with Gasteiger partial charge in [-0.25, -0.2) is 9.37 Å². The van der Waals surface area contributed by atoms with E-state index in [2.05, 4.69) is 11.9 Å². The summed E-state index contributed by atoms with van der Waals surface area (Å²) in [6, 6.07) is 12.5. The third-order valence-electron chi connectivity index (χ3n) is 5.03. The Bertz CT molecular complexity index is 1140. The third kappa shape index (κ3) is 5.42. The Hall–Kier alpha value is -3.35. The molecular formula is C24H25FN2O4. The predicted molar refractivity (Wildman–Crippen MR) is 116 cm³/mol. The van der Waals surface area contributed by atoms with E-state index in [0.717, 1.165) is 18.4 Å². The van der Waals surface area contributed by atoms with Crippen LogP contribution in [-0.2, 0) is 22.5 Å². The molecule has 6 nitrogen and oxygen atoms in total. The van der Waals surface area contributed by atoms with Gasteiger partial charge in [-0.1, -0.05) is 25.5 Å². The summed E-state index contributed by atoms with van der Waals surface area (Å²) in [5, 5.41) is 0. The zero-order valence-corrected chi connectivity index (χ0v) is 17.6. The van der Waals surface area contributed by atoms with Crippen molar-refractivity contribution in [3.8, 4) is 0 Å². The number of nitrogens with zero attached hydrogens (tertiary/aromatic N) is 2. The largest absolute Gasteiger partial charge is 0.454 e. The Morgan fingerprint density at radius 3 is 2.55 bits per heavy atom. The van der Waals surface area contributed by atoms with Gasteiger partial charge in [0, 0.05) is 18.5 Å². The number of benzene rings is 2. The van der Waals surface area contributed by atoms with Gasteiger partial charge >= 0.3 is 5.97 Å². The summed E-state index contributed by atoms with van der Waals surface area (Å²) in [4.78, 5) is 42.0. The second kappa shape index (κ2) is 10.1. The quantitative estimate of drug-likeness (QED) is 0.382. The molecule has 2 aromatic carbocycles. The highest BCUT2D eigenvalue weighted by atomic mass is 19.1. The number of carbonyl (C=O) groups is 2. The highest BCUT2D eigenvalue weighted by molar-refractivity contribution is 6.00. The lowest BCUT2D eigenvalue weighted by Crippen LogP contribution is -2.28. The van der Waals surface area contributed by atoms with Crippen molar-refractivity contribution < 1.29 is 18.7 Å². The number of aromatic nitrogens is 2. The fourth-order valence-electron chi connectivity index (χ4n) is 3.33. The van der Waals surface area contributed by atoms with Crippen molar-refractivity contribution in [3.05, 3.63) is 76.0 Å². The van der Waals surface area contributed by atoms with E-state index in [9.17, 15) is 18.8 Å². The molecule has 0 N–H and O–H groups in total. The van der Waals surface area contributed by atoms with Crippen LogP contribution in [0.1, 0.15) is 49.2 Å². The molecule has 0 amide bonds. The molecule has 0 fully saturated rings. The lowest BCUT2D eigenvalue weighted by molar-refractivity contribution is -0.146. The fourth-order valence-corrected chi connectivity index (χ4v) is 3.33. The van der Waals surface area contributed by atoms with Crippen molar-refractivity contribution in [1.29, 1.82) is 0 Å². The van der Waals surface area contributed by atoms with Crippen LogP contribution in [0.4, 0.5) is 4.39 Å². The van der Waals surface area contributed by atoms with Gasteiger partial charge in [-0.3, -0.25) is 14.4 Å². The van der Waals surface area contributed by atoms with Crippen molar-refractivity contribution in [2.45, 2.75) is 52.2 Å². The van der Waals surface area contributed by atoms with Gasteiger partial charge in [0.1, 0.15) is 11.5 Å². The average Bonchev–Trinajstić information content (AvgIpc) is 2.77. The molecule has 1 aromatic heterocycles. The molecule has 0 spiro atoms. The molecule has 0 aliphatic carbocycles. The van der Waals surface area contributed by atoms with E-state index in [1.807, 2.05) is 24.3 Å². The van der Waals surface area contributed by atoms with E-state index in [-0.39, 0.29) is 24.0 Å². The molecule has 1 heterocycles. The van der Waals surface area contributed by atoms with E-state index < -0.39 is 23.7 Å². The standard InChI is InChI=1S/C24H25FN2O4/c1-3-4-15-27-21-8-6-5-7-19(21)26-20(24(27)30)13-14-22(28)31-16(2)23(29)17-9-11-18(25)12-10-17/h5-12,16H,3-4,13-15H2,1-2H3/t16-/m1/s1. The number of ether oxygens (including phenoxy) is 1. The monoisotopic (exact) mass is 424 g/mol. The molecule has 3 rings (SSSR count). The lowest BCUT2D eigenvalue weighted by Gasteiger charge is -2.13. The highest BCUT2D eigenvalue weighted by Crippen LogP contribution is 2.13. The minimum absolute atomic E-state index is 0.0740. The summed E-state index contributed by atoms with van der Waals surface area (Å²) in [5.74, 6) is -1.47. The molecule has 0 aliphatic heterocycles. The minimum Gasteiger partial charge on any atom is -0.454 e. The van der Waals surface area contributed by atoms with Crippen molar-refractivity contribution in [2.24, 2.45) is 0 Å². The Balaban J connectivity index is 1.69. The summed E-state index contributed by atoms with van der Waals surface area (Å²) in [5.41, 5.74) is 1.81. The SMILES string of the molecule is CCCCn1c(=O)c(CCC(=O)O[C@H](C)C(=O)c2ccc(F)cc2)nc2ccccc21. The summed E-state index contributed by atoms with van der Waals surface area (Å²) < 4.78 is 19.9. The molecule has 0 saturated carbocycles. The summed E-state index contributed by atoms with van der Waals surface area (Å²) >= 11 is 0. The summed E-state index contributed by atoms with van der Waals surface area (Å²) in [6.07, 6.45) is 0.841. The smallest absolute Gasteiger partial charge is 0.306 e. The molecule has 162 valence electrons. The number of unbranched alkanes of at least 4 members (excludes halogenated alkanes) is 1. The predicted octanol–water partition coefficient (Wildman–Crippen LogP) is 4.08. The van der Waals surface area contributed by atoms with Gasteiger partial charge in [-0.2, -0.15) is 0 Å². The summed E-state index contributed by atoms with van der Waals surface area (Å²) in [7, 11) is 0. The second-order valence-corrected chi connectivity index (χ2v) is 7.36. The Kier molecular flexibility index (Phi) is 7.28. The van der Waals surface area contributed by atoms with E-state index in [1.54, 1.807) is 4.57 Å². The van der Waals surface area contributed by atoms with Gasteiger partial charge in [0.15, 0.2) is 6.10 Å². The van der Waals surface area contributed by atoms with Crippen LogP contribution in [0.5, 0.6) is 0 Å². The number of hydrogen-bond donors (Lipinski definition) is 0. The number of hydrogen-bond acceptors (Lipinski definition) is 5. The normalized spacial score (nSPS) is 12.0. The first-order valence-electron chi connectivity index (χ1n) is 10.4.